The predicted molar refractivity (Wildman–Crippen MR) is 88.6 cm³/mol. The van der Waals surface area contributed by atoms with Gasteiger partial charge in [-0.2, -0.15) is 0 Å². The normalized spacial score (nSPS) is 11.8. The largest absolute Gasteiger partial charge is 0.350 e. The molecule has 0 unspecified atom stereocenters. The van der Waals surface area contributed by atoms with Crippen molar-refractivity contribution in [1.82, 2.24) is 15.6 Å². The Bertz CT molecular complexity index is 704. The van der Waals surface area contributed by atoms with Gasteiger partial charge in [-0.15, -0.1) is 0 Å². The van der Waals surface area contributed by atoms with E-state index in [9.17, 15) is 14.0 Å². The van der Waals surface area contributed by atoms with Gasteiger partial charge < -0.3 is 10.6 Å². The summed E-state index contributed by atoms with van der Waals surface area (Å²) in [4.78, 5) is 28.6. The van der Waals surface area contributed by atoms with E-state index in [1.54, 1.807) is 18.5 Å². The van der Waals surface area contributed by atoms with E-state index >= 15 is 0 Å². The van der Waals surface area contributed by atoms with Crippen molar-refractivity contribution in [1.29, 1.82) is 0 Å². The van der Waals surface area contributed by atoms with Crippen LogP contribution in [0.3, 0.4) is 0 Å². The maximum atomic E-state index is 13.2. The lowest BCUT2D eigenvalue weighted by Gasteiger charge is -2.21. The summed E-state index contributed by atoms with van der Waals surface area (Å²) in [6.45, 7) is 3.99. The van der Waals surface area contributed by atoms with Crippen LogP contribution in [-0.4, -0.2) is 22.8 Å². The van der Waals surface area contributed by atoms with Crippen molar-refractivity contribution >= 4 is 11.8 Å². The van der Waals surface area contributed by atoms with Gasteiger partial charge in [-0.1, -0.05) is 26.0 Å². The Labute approximate surface area is 140 Å². The Morgan fingerprint density at radius 1 is 1.21 bits per heavy atom. The Kier molecular flexibility index (Phi) is 6.01. The van der Waals surface area contributed by atoms with Gasteiger partial charge in [0.1, 0.15) is 11.9 Å². The van der Waals surface area contributed by atoms with Crippen molar-refractivity contribution in [2.45, 2.75) is 26.4 Å². The molecule has 1 aromatic carbocycles. The molecule has 0 aliphatic carbocycles. The summed E-state index contributed by atoms with van der Waals surface area (Å²) in [5.41, 5.74) is 1.05. The van der Waals surface area contributed by atoms with Crippen molar-refractivity contribution in [3.63, 3.8) is 0 Å². The number of rotatable bonds is 6. The van der Waals surface area contributed by atoms with Crippen LogP contribution in [0.5, 0.6) is 0 Å². The summed E-state index contributed by atoms with van der Waals surface area (Å²) in [6, 6.07) is 8.28. The first-order valence-electron chi connectivity index (χ1n) is 7.70. The number of carbonyl (C=O) groups is 2. The van der Waals surface area contributed by atoms with Crippen molar-refractivity contribution in [2.75, 3.05) is 0 Å². The number of benzene rings is 1. The van der Waals surface area contributed by atoms with Crippen molar-refractivity contribution in [3.8, 4) is 0 Å². The van der Waals surface area contributed by atoms with Gasteiger partial charge in [0.05, 0.1) is 0 Å². The van der Waals surface area contributed by atoms with Crippen molar-refractivity contribution in [2.24, 2.45) is 5.92 Å². The highest BCUT2D eigenvalue weighted by Gasteiger charge is 2.24. The minimum Gasteiger partial charge on any atom is -0.350 e. The van der Waals surface area contributed by atoms with E-state index in [1.165, 1.54) is 18.2 Å². The van der Waals surface area contributed by atoms with Crippen LogP contribution in [0.1, 0.15) is 29.8 Å². The van der Waals surface area contributed by atoms with E-state index in [1.807, 2.05) is 19.9 Å². The maximum absolute atomic E-state index is 13.2. The number of pyridine rings is 1. The van der Waals surface area contributed by atoms with Gasteiger partial charge in [-0.3, -0.25) is 14.6 Å². The average molecular weight is 329 g/mol. The lowest BCUT2D eigenvalue weighted by molar-refractivity contribution is -0.124. The fourth-order valence-electron chi connectivity index (χ4n) is 2.19. The quantitative estimate of drug-likeness (QED) is 0.854. The molecular weight excluding hydrogens is 309 g/mol. The van der Waals surface area contributed by atoms with Crippen LogP contribution in [-0.2, 0) is 11.3 Å². The van der Waals surface area contributed by atoms with Crippen LogP contribution in [0.25, 0.3) is 0 Å². The molecule has 0 saturated heterocycles. The molecule has 1 atom stereocenters. The molecule has 0 aliphatic rings. The zero-order valence-electron chi connectivity index (χ0n) is 13.6. The third-order valence-corrected chi connectivity index (χ3v) is 3.51. The second-order valence-corrected chi connectivity index (χ2v) is 5.78. The van der Waals surface area contributed by atoms with E-state index < -0.39 is 17.8 Å². The zero-order valence-corrected chi connectivity index (χ0v) is 13.6. The maximum Gasteiger partial charge on any atom is 0.252 e. The summed E-state index contributed by atoms with van der Waals surface area (Å²) in [7, 11) is 0. The van der Waals surface area contributed by atoms with Crippen LogP contribution < -0.4 is 10.6 Å². The lowest BCUT2D eigenvalue weighted by Crippen LogP contribution is -2.49. The summed E-state index contributed by atoms with van der Waals surface area (Å²) in [5, 5.41) is 5.44. The molecule has 126 valence electrons. The van der Waals surface area contributed by atoms with Crippen LogP contribution >= 0.6 is 0 Å². The van der Waals surface area contributed by atoms with Gasteiger partial charge in [0.25, 0.3) is 5.91 Å². The third-order valence-electron chi connectivity index (χ3n) is 3.51. The number of hydrogen-bond acceptors (Lipinski definition) is 3. The number of amides is 2. The molecule has 6 heteroatoms. The molecule has 2 rings (SSSR count). The standard InChI is InChI=1S/C18H20FN3O2/c1-12(2)16(18(24)21-11-13-5-4-8-20-10-13)22-17(23)14-6-3-7-15(19)9-14/h3-10,12,16H,11H2,1-2H3,(H,21,24)(H,22,23)/t16-/m0/s1. The van der Waals surface area contributed by atoms with Crippen molar-refractivity contribution in [3.05, 3.63) is 65.7 Å². The highest BCUT2D eigenvalue weighted by atomic mass is 19.1. The smallest absolute Gasteiger partial charge is 0.252 e. The SMILES string of the molecule is CC(C)[C@H](NC(=O)c1cccc(F)c1)C(=O)NCc1cccnc1. The van der Waals surface area contributed by atoms with E-state index in [0.717, 1.165) is 11.6 Å². The first kappa shape index (κ1) is 17.6. The molecule has 24 heavy (non-hydrogen) atoms. The van der Waals surface area contributed by atoms with Crippen LogP contribution in [0.15, 0.2) is 48.8 Å². The number of nitrogens with one attached hydrogen (secondary N) is 2. The fourth-order valence-corrected chi connectivity index (χ4v) is 2.19. The topological polar surface area (TPSA) is 71.1 Å². The molecule has 2 amide bonds. The van der Waals surface area contributed by atoms with Gasteiger partial charge in [0.15, 0.2) is 0 Å². The van der Waals surface area contributed by atoms with Gasteiger partial charge in [0.2, 0.25) is 5.91 Å². The van der Waals surface area contributed by atoms with Gasteiger partial charge in [-0.25, -0.2) is 4.39 Å². The number of hydrogen-bond donors (Lipinski definition) is 2. The average Bonchev–Trinajstić information content (AvgIpc) is 2.58. The molecule has 0 radical (unpaired) electrons. The number of carbonyl (C=O) groups excluding carboxylic acids is 2. The number of nitrogens with zero attached hydrogens (tertiary/aromatic N) is 1. The van der Waals surface area contributed by atoms with E-state index in [2.05, 4.69) is 15.6 Å². The molecule has 5 nitrogen and oxygen atoms in total. The van der Waals surface area contributed by atoms with Crippen molar-refractivity contribution < 1.29 is 14.0 Å². The van der Waals surface area contributed by atoms with E-state index in [-0.39, 0.29) is 17.4 Å². The highest BCUT2D eigenvalue weighted by molar-refractivity contribution is 5.97. The molecule has 0 aliphatic heterocycles. The number of halogens is 1. The minimum atomic E-state index is -0.711. The van der Waals surface area contributed by atoms with Gasteiger partial charge in [0, 0.05) is 24.5 Å². The predicted octanol–water partition coefficient (Wildman–Crippen LogP) is 2.29. The zero-order chi connectivity index (χ0) is 17.5. The van der Waals surface area contributed by atoms with Crippen LogP contribution in [0, 0.1) is 11.7 Å². The molecular formula is C18H20FN3O2. The first-order valence-corrected chi connectivity index (χ1v) is 7.70. The summed E-state index contributed by atoms with van der Waals surface area (Å²) < 4.78 is 13.2. The second kappa shape index (κ2) is 8.19. The monoisotopic (exact) mass is 329 g/mol. The summed E-state index contributed by atoms with van der Waals surface area (Å²) in [6.07, 6.45) is 3.32. The number of aromatic nitrogens is 1. The molecule has 0 fully saturated rings. The molecule has 2 aromatic rings. The molecule has 1 heterocycles. The Balaban J connectivity index is 2.00. The molecule has 1 aromatic heterocycles. The van der Waals surface area contributed by atoms with E-state index in [4.69, 9.17) is 0 Å². The molecule has 0 saturated carbocycles. The lowest BCUT2D eigenvalue weighted by atomic mass is 10.0. The Hall–Kier alpha value is -2.76. The second-order valence-electron chi connectivity index (χ2n) is 5.78. The molecule has 0 spiro atoms. The van der Waals surface area contributed by atoms with Crippen LogP contribution in [0.2, 0.25) is 0 Å². The van der Waals surface area contributed by atoms with Crippen LogP contribution in [0.4, 0.5) is 4.39 Å². The highest BCUT2D eigenvalue weighted by Crippen LogP contribution is 2.07. The minimum absolute atomic E-state index is 0.114. The Morgan fingerprint density at radius 3 is 2.62 bits per heavy atom. The summed E-state index contributed by atoms with van der Waals surface area (Å²) >= 11 is 0. The third kappa shape index (κ3) is 4.87. The molecule has 2 N–H and O–H groups in total. The molecule has 0 bridgehead atoms. The van der Waals surface area contributed by atoms with E-state index in [0.29, 0.717) is 6.54 Å². The fraction of sp³-hybridized carbons (Fsp3) is 0.278. The van der Waals surface area contributed by atoms with Gasteiger partial charge in [-0.05, 0) is 35.7 Å². The first-order chi connectivity index (χ1) is 11.5. The Morgan fingerprint density at radius 2 is 2.00 bits per heavy atom. The van der Waals surface area contributed by atoms with Gasteiger partial charge >= 0.3 is 0 Å². The summed E-state index contributed by atoms with van der Waals surface area (Å²) in [5.74, 6) is -1.38.